The Kier molecular flexibility index (Phi) is 7.29. The summed E-state index contributed by atoms with van der Waals surface area (Å²) >= 11 is 1.69. The molecule has 2 aliphatic rings. The minimum atomic E-state index is -0.235. The Labute approximate surface area is 209 Å². The minimum Gasteiger partial charge on any atom is -0.466 e. The maximum atomic E-state index is 13.0. The Hall–Kier alpha value is -2.97. The van der Waals surface area contributed by atoms with Crippen molar-refractivity contribution < 1.29 is 18.7 Å². The molecule has 1 amide bonds. The summed E-state index contributed by atoms with van der Waals surface area (Å²) in [6.45, 7) is 3.82. The third kappa shape index (κ3) is 5.04. The molecule has 184 valence electrons. The molecule has 0 spiro atoms. The number of esters is 1. The van der Waals surface area contributed by atoms with Crippen molar-refractivity contribution in [2.24, 2.45) is 5.92 Å². The van der Waals surface area contributed by atoms with E-state index in [-0.39, 0.29) is 23.8 Å². The van der Waals surface area contributed by atoms with Gasteiger partial charge in [-0.3, -0.25) is 19.5 Å². The van der Waals surface area contributed by atoms with E-state index in [0.29, 0.717) is 12.4 Å². The number of anilines is 1. The van der Waals surface area contributed by atoms with Crippen molar-refractivity contribution in [3.05, 3.63) is 70.3 Å². The van der Waals surface area contributed by atoms with Crippen LogP contribution in [0.25, 0.3) is 0 Å². The molecular weight excluding hydrogens is 462 g/mol. The lowest BCUT2D eigenvalue weighted by Crippen LogP contribution is -2.40. The molecule has 5 rings (SSSR count). The molecule has 0 radical (unpaired) electrons. The molecule has 0 unspecified atom stereocenters. The molecule has 0 aromatic carbocycles. The Bertz CT molecular complexity index is 1150. The van der Waals surface area contributed by atoms with Crippen LogP contribution in [0.1, 0.15) is 70.8 Å². The Morgan fingerprint density at radius 1 is 1.23 bits per heavy atom. The van der Waals surface area contributed by atoms with E-state index in [0.717, 1.165) is 55.8 Å². The van der Waals surface area contributed by atoms with Crippen molar-refractivity contribution in [1.82, 2.24) is 9.88 Å². The summed E-state index contributed by atoms with van der Waals surface area (Å²) < 4.78 is 10.6. The van der Waals surface area contributed by atoms with E-state index in [4.69, 9.17) is 9.15 Å². The van der Waals surface area contributed by atoms with E-state index in [9.17, 15) is 9.59 Å². The molecule has 1 aliphatic heterocycles. The monoisotopic (exact) mass is 493 g/mol. The molecule has 0 saturated carbocycles. The fourth-order valence-electron chi connectivity index (χ4n) is 5.30. The normalized spacial score (nSPS) is 17.5. The van der Waals surface area contributed by atoms with Gasteiger partial charge in [0.25, 0.3) is 5.91 Å². The molecule has 3 aromatic rings. The van der Waals surface area contributed by atoms with Crippen LogP contribution in [0.4, 0.5) is 5.00 Å². The number of carbonyl (C=O) groups excluding carboxylic acids is 2. The smallest absolute Gasteiger partial charge is 0.309 e. The Morgan fingerprint density at radius 2 is 2.06 bits per heavy atom. The maximum absolute atomic E-state index is 13.0. The van der Waals surface area contributed by atoms with Gasteiger partial charge in [0.15, 0.2) is 5.76 Å². The van der Waals surface area contributed by atoms with Gasteiger partial charge >= 0.3 is 5.97 Å². The second kappa shape index (κ2) is 10.7. The number of piperidine rings is 1. The van der Waals surface area contributed by atoms with Crippen LogP contribution in [0.5, 0.6) is 0 Å². The molecule has 1 atom stereocenters. The summed E-state index contributed by atoms with van der Waals surface area (Å²) in [5.41, 5.74) is 3.63. The van der Waals surface area contributed by atoms with Crippen LogP contribution in [0.15, 0.2) is 47.3 Å². The number of rotatable bonds is 7. The number of aryl methyl sites for hydroxylation is 1. The summed E-state index contributed by atoms with van der Waals surface area (Å²) in [5.74, 6) is -0.0871. The van der Waals surface area contributed by atoms with Crippen molar-refractivity contribution in [2.45, 2.75) is 51.5 Å². The van der Waals surface area contributed by atoms with E-state index < -0.39 is 0 Å². The highest BCUT2D eigenvalue weighted by Gasteiger charge is 2.35. The fourth-order valence-corrected chi connectivity index (χ4v) is 6.61. The number of ether oxygens (including phenoxy) is 1. The molecule has 35 heavy (non-hydrogen) atoms. The predicted molar refractivity (Wildman–Crippen MR) is 135 cm³/mol. The number of carbonyl (C=O) groups is 2. The third-order valence-electron chi connectivity index (χ3n) is 6.97. The highest BCUT2D eigenvalue weighted by molar-refractivity contribution is 7.16. The van der Waals surface area contributed by atoms with Gasteiger partial charge in [0.2, 0.25) is 0 Å². The summed E-state index contributed by atoms with van der Waals surface area (Å²) in [5, 5.41) is 4.06. The number of likely N-dealkylation sites (tertiary alicyclic amines) is 1. The molecule has 8 heteroatoms. The van der Waals surface area contributed by atoms with Crippen molar-refractivity contribution in [2.75, 3.05) is 25.0 Å². The van der Waals surface area contributed by atoms with Crippen LogP contribution in [0.2, 0.25) is 0 Å². The van der Waals surface area contributed by atoms with E-state index in [1.54, 1.807) is 29.7 Å². The van der Waals surface area contributed by atoms with E-state index in [1.807, 2.05) is 19.2 Å². The largest absolute Gasteiger partial charge is 0.466 e. The lowest BCUT2D eigenvalue weighted by atomic mass is 9.87. The van der Waals surface area contributed by atoms with E-state index in [1.165, 1.54) is 28.7 Å². The Morgan fingerprint density at radius 3 is 2.77 bits per heavy atom. The number of amides is 1. The summed E-state index contributed by atoms with van der Waals surface area (Å²) in [6.07, 6.45) is 11.1. The average molecular weight is 494 g/mol. The van der Waals surface area contributed by atoms with Gasteiger partial charge in [0, 0.05) is 22.8 Å². The van der Waals surface area contributed by atoms with Crippen LogP contribution in [-0.2, 0) is 22.4 Å². The SMILES string of the molecule is CCOC(=O)C1CCN([C@H](c2cccnc2)c2c(NC(=O)c3ccco3)sc3c2CCCC3)CC1. The zero-order valence-corrected chi connectivity index (χ0v) is 20.8. The van der Waals surface area contributed by atoms with Gasteiger partial charge < -0.3 is 14.5 Å². The zero-order valence-electron chi connectivity index (χ0n) is 20.0. The van der Waals surface area contributed by atoms with Crippen molar-refractivity contribution in [3.63, 3.8) is 0 Å². The zero-order chi connectivity index (χ0) is 24.2. The van der Waals surface area contributed by atoms with Crippen LogP contribution < -0.4 is 5.32 Å². The maximum Gasteiger partial charge on any atom is 0.309 e. The number of thiophene rings is 1. The molecule has 3 aromatic heterocycles. The first-order chi connectivity index (χ1) is 17.2. The van der Waals surface area contributed by atoms with Crippen molar-refractivity contribution in [3.8, 4) is 0 Å². The lowest BCUT2D eigenvalue weighted by molar-refractivity contribution is -0.149. The topological polar surface area (TPSA) is 84.7 Å². The third-order valence-corrected chi connectivity index (χ3v) is 8.20. The highest BCUT2D eigenvalue weighted by atomic mass is 32.1. The molecule has 7 nitrogen and oxygen atoms in total. The summed E-state index contributed by atoms with van der Waals surface area (Å²) in [4.78, 5) is 33.5. The van der Waals surface area contributed by atoms with E-state index >= 15 is 0 Å². The molecule has 1 aliphatic carbocycles. The lowest BCUT2D eigenvalue weighted by Gasteiger charge is -2.38. The number of pyridine rings is 1. The number of hydrogen-bond donors (Lipinski definition) is 1. The molecule has 0 bridgehead atoms. The van der Waals surface area contributed by atoms with Gasteiger partial charge in [-0.05, 0) is 87.9 Å². The molecule has 1 N–H and O–H groups in total. The average Bonchev–Trinajstić information content (AvgIpc) is 3.55. The van der Waals surface area contributed by atoms with Gasteiger partial charge in [-0.15, -0.1) is 11.3 Å². The van der Waals surface area contributed by atoms with Crippen LogP contribution in [-0.4, -0.2) is 41.5 Å². The first-order valence-electron chi connectivity index (χ1n) is 12.5. The standard InChI is InChI=1S/C27H31N3O4S/c1-2-33-27(32)18-11-14-30(15-12-18)24(19-7-5-13-28-17-19)23-20-8-3-4-10-22(20)35-26(23)29-25(31)21-9-6-16-34-21/h5-7,9,13,16-18,24H,2-4,8,10-12,14-15H2,1H3,(H,29,31)/t24-/m1/s1. The number of fused-ring (bicyclic) bond motifs is 1. The quantitative estimate of drug-likeness (QED) is 0.454. The van der Waals surface area contributed by atoms with Crippen molar-refractivity contribution >= 4 is 28.2 Å². The van der Waals surface area contributed by atoms with Gasteiger partial charge in [0.05, 0.1) is 24.8 Å². The molecular formula is C27H31N3O4S. The summed E-state index contributed by atoms with van der Waals surface area (Å²) in [7, 11) is 0. The first-order valence-corrected chi connectivity index (χ1v) is 13.3. The van der Waals surface area contributed by atoms with Crippen LogP contribution in [0.3, 0.4) is 0 Å². The van der Waals surface area contributed by atoms with Crippen LogP contribution in [0, 0.1) is 5.92 Å². The number of nitrogens with zero attached hydrogens (tertiary/aromatic N) is 2. The van der Waals surface area contributed by atoms with Gasteiger partial charge in [-0.25, -0.2) is 0 Å². The predicted octanol–water partition coefficient (Wildman–Crippen LogP) is 5.23. The fraction of sp³-hybridized carbons (Fsp3) is 0.444. The minimum absolute atomic E-state index is 0.0446. The number of hydrogen-bond acceptors (Lipinski definition) is 7. The Balaban J connectivity index is 1.51. The molecule has 1 saturated heterocycles. The van der Waals surface area contributed by atoms with Gasteiger partial charge in [-0.2, -0.15) is 0 Å². The number of nitrogens with one attached hydrogen (secondary N) is 1. The molecule has 1 fully saturated rings. The second-order valence-electron chi connectivity index (χ2n) is 9.14. The number of aromatic nitrogens is 1. The van der Waals surface area contributed by atoms with Gasteiger partial charge in [-0.1, -0.05) is 6.07 Å². The first kappa shape index (κ1) is 23.8. The highest BCUT2D eigenvalue weighted by Crippen LogP contribution is 2.46. The van der Waals surface area contributed by atoms with Crippen LogP contribution >= 0.6 is 11.3 Å². The van der Waals surface area contributed by atoms with Gasteiger partial charge in [0.1, 0.15) is 5.00 Å². The second-order valence-corrected chi connectivity index (χ2v) is 10.2. The number of furan rings is 1. The van der Waals surface area contributed by atoms with Crippen molar-refractivity contribution in [1.29, 1.82) is 0 Å². The molecule has 4 heterocycles. The van der Waals surface area contributed by atoms with E-state index in [2.05, 4.69) is 21.3 Å². The summed E-state index contributed by atoms with van der Waals surface area (Å²) in [6, 6.07) is 7.44.